The van der Waals surface area contributed by atoms with Crippen LogP contribution in [-0.4, -0.2) is 16.6 Å². The minimum Gasteiger partial charge on any atom is -0.506 e. The molecule has 1 aromatic rings. The number of aryl methyl sites for hydroxylation is 1. The third kappa shape index (κ3) is 3.23. The Morgan fingerprint density at radius 3 is 2.72 bits per heavy atom. The number of fused-ring (bicyclic) bond motifs is 1. The maximum atomic E-state index is 11.4. The second-order valence-corrected chi connectivity index (χ2v) is 5.31. The zero-order valence-electron chi connectivity index (χ0n) is 10.6. The number of aromatic hydroxyl groups is 1. The minimum absolute atomic E-state index is 0. The Hall–Kier alpha value is -1.07. The van der Waals surface area contributed by atoms with Crippen LogP contribution in [0.5, 0.6) is 5.75 Å². The molecule has 1 heterocycles. The Morgan fingerprint density at radius 1 is 1.44 bits per heavy atom. The van der Waals surface area contributed by atoms with Crippen LogP contribution >= 0.6 is 17.0 Å². The molecule has 0 atom stereocenters. The van der Waals surface area contributed by atoms with Gasteiger partial charge in [0, 0.05) is 5.54 Å². The number of hydrogen-bond acceptors (Lipinski definition) is 3. The topological polar surface area (TPSA) is 75.3 Å². The fraction of sp³-hybridized carbons (Fsp3) is 0.462. The van der Waals surface area contributed by atoms with Gasteiger partial charge in [0.2, 0.25) is 5.91 Å². The molecule has 0 unspecified atom stereocenters. The van der Waals surface area contributed by atoms with Gasteiger partial charge in [0.15, 0.2) is 0 Å². The summed E-state index contributed by atoms with van der Waals surface area (Å²) in [7, 11) is 0. The van der Waals surface area contributed by atoms with Gasteiger partial charge >= 0.3 is 0 Å². The number of anilines is 1. The summed E-state index contributed by atoms with van der Waals surface area (Å²) in [4.78, 5) is 11.4. The van der Waals surface area contributed by atoms with E-state index in [1.165, 1.54) is 0 Å². The van der Waals surface area contributed by atoms with E-state index in [9.17, 15) is 9.90 Å². The molecule has 18 heavy (non-hydrogen) atoms. The summed E-state index contributed by atoms with van der Waals surface area (Å²) < 4.78 is 0. The van der Waals surface area contributed by atoms with Crippen molar-refractivity contribution in [3.8, 4) is 5.75 Å². The van der Waals surface area contributed by atoms with Crippen molar-refractivity contribution in [2.45, 2.75) is 38.6 Å². The maximum absolute atomic E-state index is 11.4. The van der Waals surface area contributed by atoms with Gasteiger partial charge < -0.3 is 16.2 Å². The average molecular weight is 315 g/mol. The lowest BCUT2D eigenvalue weighted by molar-refractivity contribution is -0.115. The van der Waals surface area contributed by atoms with Crippen molar-refractivity contribution in [1.82, 2.24) is 0 Å². The fourth-order valence-corrected chi connectivity index (χ4v) is 2.06. The van der Waals surface area contributed by atoms with E-state index in [0.717, 1.165) is 24.0 Å². The summed E-state index contributed by atoms with van der Waals surface area (Å²) in [6, 6.07) is 3.50. The minimum atomic E-state index is -0.221. The highest BCUT2D eigenvalue weighted by atomic mass is 79.9. The number of phenolic OH excluding ortho intramolecular Hbond substituents is 1. The molecule has 1 aliphatic rings. The third-order valence-electron chi connectivity index (χ3n) is 3.03. The molecule has 2 rings (SSSR count). The van der Waals surface area contributed by atoms with E-state index in [2.05, 4.69) is 5.32 Å². The molecule has 0 bridgehead atoms. The second kappa shape index (κ2) is 5.28. The molecule has 1 aliphatic heterocycles. The zero-order chi connectivity index (χ0) is 12.6. The average Bonchev–Trinajstić information content (AvgIpc) is 2.58. The summed E-state index contributed by atoms with van der Waals surface area (Å²) >= 11 is 0. The molecule has 0 aromatic heterocycles. The summed E-state index contributed by atoms with van der Waals surface area (Å²) in [6.07, 6.45) is 2.02. The molecule has 0 radical (unpaired) electrons. The van der Waals surface area contributed by atoms with Crippen molar-refractivity contribution in [1.29, 1.82) is 0 Å². The molecule has 0 fully saturated rings. The fourth-order valence-electron chi connectivity index (χ4n) is 2.06. The number of benzene rings is 1. The van der Waals surface area contributed by atoms with Crippen molar-refractivity contribution in [3.63, 3.8) is 0 Å². The summed E-state index contributed by atoms with van der Waals surface area (Å²) in [5, 5.41) is 12.3. The molecule has 0 aliphatic carbocycles. The van der Waals surface area contributed by atoms with Crippen molar-refractivity contribution < 1.29 is 9.90 Å². The number of carbonyl (C=O) groups excluding carboxylic acids is 1. The molecule has 4 nitrogen and oxygen atoms in total. The van der Waals surface area contributed by atoms with Crippen molar-refractivity contribution in [2.75, 3.05) is 5.32 Å². The van der Waals surface area contributed by atoms with Crippen LogP contribution in [0, 0.1) is 0 Å². The molecule has 4 N–H and O–H groups in total. The second-order valence-electron chi connectivity index (χ2n) is 5.31. The number of rotatable bonds is 3. The summed E-state index contributed by atoms with van der Waals surface area (Å²) in [6.45, 7) is 3.97. The molecule has 1 amide bonds. The van der Waals surface area contributed by atoms with E-state index < -0.39 is 0 Å². The first-order valence-corrected chi connectivity index (χ1v) is 5.79. The lowest BCUT2D eigenvalue weighted by atomic mass is 9.93. The van der Waals surface area contributed by atoms with Crippen molar-refractivity contribution in [2.24, 2.45) is 5.73 Å². The first-order chi connectivity index (χ1) is 7.87. The van der Waals surface area contributed by atoms with Crippen LogP contribution in [0.1, 0.15) is 31.4 Å². The van der Waals surface area contributed by atoms with E-state index >= 15 is 0 Å². The van der Waals surface area contributed by atoms with Crippen LogP contribution in [0.25, 0.3) is 0 Å². The van der Waals surface area contributed by atoms with Crippen molar-refractivity contribution >= 4 is 28.6 Å². The quantitative estimate of drug-likeness (QED) is 0.748. The molecule has 0 spiro atoms. The molecular weight excluding hydrogens is 296 g/mol. The molecule has 0 saturated carbocycles. The third-order valence-corrected chi connectivity index (χ3v) is 3.03. The number of halogens is 1. The predicted molar refractivity (Wildman–Crippen MR) is 77.3 cm³/mol. The number of carbonyl (C=O) groups is 1. The van der Waals surface area contributed by atoms with Gasteiger partial charge in [-0.25, -0.2) is 0 Å². The first kappa shape index (κ1) is 15.0. The molecule has 100 valence electrons. The van der Waals surface area contributed by atoms with Gasteiger partial charge in [0.05, 0.1) is 12.1 Å². The van der Waals surface area contributed by atoms with Gasteiger partial charge in [-0.1, -0.05) is 6.07 Å². The van der Waals surface area contributed by atoms with Gasteiger partial charge in [-0.05, 0) is 43.9 Å². The highest BCUT2D eigenvalue weighted by Gasteiger charge is 2.24. The zero-order valence-corrected chi connectivity index (χ0v) is 12.3. The highest BCUT2D eigenvalue weighted by molar-refractivity contribution is 8.93. The van der Waals surface area contributed by atoms with E-state index in [0.29, 0.717) is 12.1 Å². The van der Waals surface area contributed by atoms with E-state index in [-0.39, 0.29) is 34.2 Å². The van der Waals surface area contributed by atoms with Gasteiger partial charge in [0.1, 0.15) is 5.75 Å². The molecular formula is C13H19BrN2O2. The van der Waals surface area contributed by atoms with Crippen molar-refractivity contribution in [3.05, 3.63) is 23.3 Å². The number of phenols is 1. The van der Waals surface area contributed by atoms with Crippen LogP contribution in [0.15, 0.2) is 12.1 Å². The van der Waals surface area contributed by atoms with Gasteiger partial charge in [-0.15, -0.1) is 17.0 Å². The number of hydrogen-bond donors (Lipinski definition) is 3. The van der Waals surface area contributed by atoms with Gasteiger partial charge in [-0.3, -0.25) is 4.79 Å². The number of nitrogens with two attached hydrogens (primary N) is 1. The van der Waals surface area contributed by atoms with E-state index in [4.69, 9.17) is 5.73 Å². The van der Waals surface area contributed by atoms with Crippen LogP contribution < -0.4 is 11.1 Å². The standard InChI is InChI=1S/C13H18N2O2.BrH/c1-13(2,14)6-5-8-3-4-10(16)12-9(8)7-11(17)15-12;/h3-4,16H,5-7,14H2,1-2H3,(H,15,17);1H. The lowest BCUT2D eigenvalue weighted by Gasteiger charge is -2.19. The lowest BCUT2D eigenvalue weighted by Crippen LogP contribution is -2.32. The van der Waals surface area contributed by atoms with Gasteiger partial charge in [0.25, 0.3) is 0 Å². The first-order valence-electron chi connectivity index (χ1n) is 5.79. The van der Waals surface area contributed by atoms with E-state index in [1.807, 2.05) is 19.9 Å². The largest absolute Gasteiger partial charge is 0.506 e. The Kier molecular flexibility index (Phi) is 4.40. The maximum Gasteiger partial charge on any atom is 0.228 e. The molecule has 1 aromatic carbocycles. The smallest absolute Gasteiger partial charge is 0.228 e. The van der Waals surface area contributed by atoms with E-state index in [1.54, 1.807) is 6.07 Å². The normalized spacial score (nSPS) is 13.8. The summed E-state index contributed by atoms with van der Waals surface area (Å²) in [5.74, 6) is 0.0800. The Balaban J connectivity index is 0.00000162. The molecule has 0 saturated heterocycles. The predicted octanol–water partition coefficient (Wildman–Crippen LogP) is 2.13. The number of nitrogens with one attached hydrogen (secondary N) is 1. The Bertz CT molecular complexity index is 467. The van der Waals surface area contributed by atoms with Gasteiger partial charge in [-0.2, -0.15) is 0 Å². The highest BCUT2D eigenvalue weighted by Crippen LogP contribution is 2.35. The molecule has 5 heteroatoms. The monoisotopic (exact) mass is 314 g/mol. The summed E-state index contributed by atoms with van der Waals surface area (Å²) in [5.41, 5.74) is 8.31. The number of amides is 1. The van der Waals surface area contributed by atoms with Crippen LogP contribution in [-0.2, 0) is 17.6 Å². The van der Waals surface area contributed by atoms with Crippen LogP contribution in [0.4, 0.5) is 5.69 Å². The van der Waals surface area contributed by atoms with Crippen LogP contribution in [0.2, 0.25) is 0 Å². The SMILES string of the molecule is Br.CC(C)(N)CCc1ccc(O)c2c1CC(=O)N2. The Morgan fingerprint density at radius 2 is 2.11 bits per heavy atom. The van der Waals surface area contributed by atoms with Crippen LogP contribution in [0.3, 0.4) is 0 Å². The Labute approximate surface area is 117 Å².